The minimum absolute atomic E-state index is 0.0478. The van der Waals surface area contributed by atoms with Crippen molar-refractivity contribution >= 4 is 39.0 Å². The highest BCUT2D eigenvalue weighted by atomic mass is 35.5. The summed E-state index contributed by atoms with van der Waals surface area (Å²) in [6.45, 7) is 1.61. The number of amides is 1. The Morgan fingerprint density at radius 2 is 1.72 bits per heavy atom. The highest BCUT2D eigenvalue weighted by molar-refractivity contribution is 7.92. The summed E-state index contributed by atoms with van der Waals surface area (Å²) in [5, 5.41) is 3.26. The lowest BCUT2D eigenvalue weighted by atomic mass is 10.3. The average molecular weight is 432 g/mol. The van der Waals surface area contributed by atoms with Gasteiger partial charge in [0.15, 0.2) is 6.10 Å². The molecule has 9 heteroatoms. The molecule has 0 aliphatic carbocycles. The number of pyridine rings is 1. The maximum absolute atomic E-state index is 12.4. The van der Waals surface area contributed by atoms with Gasteiger partial charge in [-0.2, -0.15) is 0 Å². The Labute approximate surface area is 173 Å². The summed E-state index contributed by atoms with van der Waals surface area (Å²) in [6.07, 6.45) is 0.731. The third-order valence-electron chi connectivity index (χ3n) is 3.83. The molecule has 3 rings (SSSR count). The van der Waals surface area contributed by atoms with Crippen LogP contribution in [0.1, 0.15) is 6.92 Å². The Kier molecular flexibility index (Phi) is 6.36. The van der Waals surface area contributed by atoms with E-state index in [2.05, 4.69) is 15.0 Å². The maximum atomic E-state index is 12.4. The Hall–Kier alpha value is -3.10. The third kappa shape index (κ3) is 5.69. The molecule has 150 valence electrons. The van der Waals surface area contributed by atoms with Crippen LogP contribution in [0.25, 0.3) is 0 Å². The lowest BCUT2D eigenvalue weighted by Gasteiger charge is -2.15. The van der Waals surface area contributed by atoms with Crippen molar-refractivity contribution in [3.8, 4) is 5.75 Å². The Morgan fingerprint density at radius 1 is 1.03 bits per heavy atom. The zero-order valence-corrected chi connectivity index (χ0v) is 16.9. The van der Waals surface area contributed by atoms with E-state index in [0.717, 1.165) is 0 Å². The van der Waals surface area contributed by atoms with Gasteiger partial charge in [-0.1, -0.05) is 17.7 Å². The highest BCUT2D eigenvalue weighted by Gasteiger charge is 2.17. The van der Waals surface area contributed by atoms with Gasteiger partial charge in [-0.15, -0.1) is 0 Å². The summed E-state index contributed by atoms with van der Waals surface area (Å²) < 4.78 is 32.8. The zero-order chi connectivity index (χ0) is 20.9. The van der Waals surface area contributed by atoms with Crippen molar-refractivity contribution in [1.82, 2.24) is 4.98 Å². The van der Waals surface area contributed by atoms with E-state index in [1.165, 1.54) is 30.5 Å². The second-order valence-corrected chi connectivity index (χ2v) is 8.17. The number of ether oxygens (including phenoxy) is 1. The first kappa shape index (κ1) is 20.6. The van der Waals surface area contributed by atoms with Gasteiger partial charge in [-0.05, 0) is 67.6 Å². The molecule has 1 aromatic heterocycles. The Morgan fingerprint density at radius 3 is 2.34 bits per heavy atom. The molecule has 0 radical (unpaired) electrons. The molecule has 1 heterocycles. The smallest absolute Gasteiger partial charge is 0.265 e. The highest BCUT2D eigenvalue weighted by Crippen LogP contribution is 2.19. The number of nitrogens with one attached hydrogen (secondary N) is 2. The van der Waals surface area contributed by atoms with Crippen LogP contribution in [0, 0.1) is 0 Å². The molecule has 3 aromatic rings. The minimum atomic E-state index is -3.78. The number of aromatic nitrogens is 1. The van der Waals surface area contributed by atoms with Crippen LogP contribution in [-0.2, 0) is 14.8 Å². The number of sulfonamides is 1. The minimum Gasteiger partial charge on any atom is -0.481 e. The number of halogens is 1. The van der Waals surface area contributed by atoms with Gasteiger partial charge in [0.2, 0.25) is 0 Å². The molecule has 1 atom stereocenters. The lowest BCUT2D eigenvalue weighted by molar-refractivity contribution is -0.122. The van der Waals surface area contributed by atoms with Gasteiger partial charge in [0.1, 0.15) is 11.6 Å². The summed E-state index contributed by atoms with van der Waals surface area (Å²) in [4.78, 5) is 16.3. The Balaban J connectivity index is 1.62. The van der Waals surface area contributed by atoms with Crippen LogP contribution in [0.4, 0.5) is 11.5 Å². The average Bonchev–Trinajstić information content (AvgIpc) is 2.70. The number of hydrogen-bond donors (Lipinski definition) is 2. The van der Waals surface area contributed by atoms with Crippen LogP contribution < -0.4 is 14.8 Å². The van der Waals surface area contributed by atoms with Gasteiger partial charge in [0, 0.05) is 16.9 Å². The Bertz CT molecular complexity index is 1070. The van der Waals surface area contributed by atoms with Crippen LogP contribution in [-0.4, -0.2) is 25.4 Å². The quantitative estimate of drug-likeness (QED) is 0.590. The number of benzene rings is 2. The largest absolute Gasteiger partial charge is 0.481 e. The van der Waals surface area contributed by atoms with Gasteiger partial charge in [-0.3, -0.25) is 9.52 Å². The first-order chi connectivity index (χ1) is 13.8. The van der Waals surface area contributed by atoms with Crippen molar-refractivity contribution < 1.29 is 17.9 Å². The molecule has 0 fully saturated rings. The summed E-state index contributed by atoms with van der Waals surface area (Å²) in [6, 6.07) is 17.4. The second-order valence-electron chi connectivity index (χ2n) is 6.05. The fourth-order valence-electron chi connectivity index (χ4n) is 2.35. The molecule has 1 amide bonds. The number of anilines is 2. The summed E-state index contributed by atoms with van der Waals surface area (Å²) in [5.74, 6) is 0.360. The number of hydrogen-bond acceptors (Lipinski definition) is 5. The molecule has 0 unspecified atom stereocenters. The summed E-state index contributed by atoms with van der Waals surface area (Å²) in [7, 11) is -3.78. The predicted octanol–water partition coefficient (Wildman–Crippen LogP) is 3.94. The number of nitrogens with zero attached hydrogens (tertiary/aromatic N) is 1. The van der Waals surface area contributed by atoms with Crippen LogP contribution >= 0.6 is 11.6 Å². The molecule has 0 aliphatic rings. The molecule has 7 nitrogen and oxygen atoms in total. The first-order valence-electron chi connectivity index (χ1n) is 8.60. The lowest BCUT2D eigenvalue weighted by Crippen LogP contribution is -2.30. The standard InChI is InChI=1S/C20H18ClN3O4S/c1-14(28-17-9-5-15(21)6-10-17)20(25)23-16-7-11-18(12-8-16)29(26,27)24-19-4-2-3-13-22-19/h2-14H,1H3,(H,22,24)(H,23,25)/t14-/m1/s1. The topological polar surface area (TPSA) is 97.4 Å². The van der Waals surface area contributed by atoms with Gasteiger partial charge >= 0.3 is 0 Å². The fraction of sp³-hybridized carbons (Fsp3) is 0.100. The van der Waals surface area contributed by atoms with Gasteiger partial charge in [0.25, 0.3) is 15.9 Å². The van der Waals surface area contributed by atoms with E-state index in [1.807, 2.05) is 0 Å². The normalized spacial score (nSPS) is 12.1. The van der Waals surface area contributed by atoms with E-state index in [-0.39, 0.29) is 16.6 Å². The van der Waals surface area contributed by atoms with Crippen molar-refractivity contribution in [2.24, 2.45) is 0 Å². The van der Waals surface area contributed by atoms with Crippen LogP contribution in [0.15, 0.2) is 77.8 Å². The van der Waals surface area contributed by atoms with Crippen molar-refractivity contribution in [1.29, 1.82) is 0 Å². The maximum Gasteiger partial charge on any atom is 0.265 e. The van der Waals surface area contributed by atoms with E-state index >= 15 is 0 Å². The van der Waals surface area contributed by atoms with Crippen molar-refractivity contribution in [2.45, 2.75) is 17.9 Å². The van der Waals surface area contributed by atoms with Crippen LogP contribution in [0.2, 0.25) is 5.02 Å². The number of carbonyl (C=O) groups is 1. The van der Waals surface area contributed by atoms with Crippen molar-refractivity contribution in [3.63, 3.8) is 0 Å². The monoisotopic (exact) mass is 431 g/mol. The van der Waals surface area contributed by atoms with Crippen molar-refractivity contribution in [2.75, 3.05) is 10.0 Å². The third-order valence-corrected chi connectivity index (χ3v) is 5.45. The SMILES string of the molecule is C[C@@H](Oc1ccc(Cl)cc1)C(=O)Nc1ccc(S(=O)(=O)Nc2ccccn2)cc1. The van der Waals surface area contributed by atoms with Crippen molar-refractivity contribution in [3.05, 3.63) is 77.9 Å². The first-order valence-corrected chi connectivity index (χ1v) is 10.5. The van der Waals surface area contributed by atoms with Crippen LogP contribution in [0.5, 0.6) is 5.75 Å². The summed E-state index contributed by atoms with van der Waals surface area (Å²) >= 11 is 5.82. The molecule has 0 saturated heterocycles. The number of rotatable bonds is 7. The van der Waals surface area contributed by atoms with Gasteiger partial charge in [-0.25, -0.2) is 13.4 Å². The van der Waals surface area contributed by atoms with E-state index in [1.54, 1.807) is 49.4 Å². The van der Waals surface area contributed by atoms with E-state index in [0.29, 0.717) is 16.5 Å². The molecule has 2 N–H and O–H groups in total. The fourth-order valence-corrected chi connectivity index (χ4v) is 3.49. The molecule has 0 bridgehead atoms. The predicted molar refractivity (Wildman–Crippen MR) is 112 cm³/mol. The second kappa shape index (κ2) is 8.93. The van der Waals surface area contributed by atoms with E-state index in [4.69, 9.17) is 16.3 Å². The molecular formula is C20H18ClN3O4S. The molecule has 29 heavy (non-hydrogen) atoms. The molecule has 0 spiro atoms. The van der Waals surface area contributed by atoms with Gasteiger partial charge < -0.3 is 10.1 Å². The molecule has 2 aromatic carbocycles. The summed E-state index contributed by atoms with van der Waals surface area (Å²) in [5.41, 5.74) is 0.443. The van der Waals surface area contributed by atoms with Crippen LogP contribution in [0.3, 0.4) is 0 Å². The molecule has 0 aliphatic heterocycles. The number of carbonyl (C=O) groups excluding carboxylic acids is 1. The molecular weight excluding hydrogens is 414 g/mol. The van der Waals surface area contributed by atoms with E-state index < -0.39 is 16.1 Å². The molecule has 0 saturated carbocycles. The van der Waals surface area contributed by atoms with E-state index in [9.17, 15) is 13.2 Å². The van der Waals surface area contributed by atoms with Gasteiger partial charge in [0.05, 0.1) is 4.90 Å². The zero-order valence-electron chi connectivity index (χ0n) is 15.4.